The summed E-state index contributed by atoms with van der Waals surface area (Å²) in [6, 6.07) is 10.3. The molecule has 2 aromatic rings. The molecule has 6 heteroatoms. The lowest BCUT2D eigenvalue weighted by atomic mass is 9.94. The Hall–Kier alpha value is -2.23. The van der Waals surface area contributed by atoms with E-state index in [9.17, 15) is 10.1 Å². The molecule has 0 saturated carbocycles. The first-order valence-corrected chi connectivity index (χ1v) is 9.57. The van der Waals surface area contributed by atoms with Gasteiger partial charge in [-0.05, 0) is 24.5 Å². The Morgan fingerprint density at radius 1 is 1.24 bits per heavy atom. The third-order valence-electron chi connectivity index (χ3n) is 5.22. The highest BCUT2D eigenvalue weighted by molar-refractivity contribution is 7.07. The predicted octanol–water partition coefficient (Wildman–Crippen LogP) is 2.64. The zero-order chi connectivity index (χ0) is 17.2. The number of benzene rings is 1. The third-order valence-corrected chi connectivity index (χ3v) is 5.85. The van der Waals surface area contributed by atoms with Gasteiger partial charge < -0.3 is 4.90 Å². The lowest BCUT2D eigenvalue weighted by Gasteiger charge is -2.35. The van der Waals surface area contributed by atoms with Crippen LogP contribution in [0, 0.1) is 17.2 Å². The fourth-order valence-electron chi connectivity index (χ4n) is 3.97. The van der Waals surface area contributed by atoms with Crippen LogP contribution in [0.3, 0.4) is 0 Å². The van der Waals surface area contributed by atoms with Crippen LogP contribution in [0.25, 0.3) is 0 Å². The van der Waals surface area contributed by atoms with E-state index in [-0.39, 0.29) is 17.9 Å². The average molecular weight is 352 g/mol. The second-order valence-corrected chi connectivity index (χ2v) is 7.56. The monoisotopic (exact) mass is 352 g/mol. The van der Waals surface area contributed by atoms with Crippen molar-refractivity contribution in [2.45, 2.75) is 32.0 Å². The van der Waals surface area contributed by atoms with Gasteiger partial charge in [0.15, 0.2) is 0 Å². The molecule has 3 saturated heterocycles. The van der Waals surface area contributed by atoms with Gasteiger partial charge in [0.05, 0.1) is 35.3 Å². The van der Waals surface area contributed by atoms with Crippen LogP contribution in [0.1, 0.15) is 29.7 Å². The average Bonchev–Trinajstić information content (AvgIpc) is 3.01. The van der Waals surface area contributed by atoms with E-state index >= 15 is 0 Å². The van der Waals surface area contributed by atoms with Crippen LogP contribution >= 0.6 is 11.3 Å². The van der Waals surface area contributed by atoms with Crippen LogP contribution in [0.4, 0.5) is 0 Å². The standard InChI is InChI=1S/C19H20N4OS/c20-7-14-3-1-2-4-15(14)8-22-9-16-5-6-18(11-22)23(19(16)24)10-17-12-25-13-21-17/h1-4,12-13,16,18H,5-6,8-11H2. The highest BCUT2D eigenvalue weighted by Gasteiger charge is 2.40. The lowest BCUT2D eigenvalue weighted by molar-refractivity contribution is -0.140. The van der Waals surface area contributed by atoms with E-state index in [1.54, 1.807) is 11.3 Å². The zero-order valence-corrected chi connectivity index (χ0v) is 14.8. The molecule has 3 aliphatic heterocycles. The van der Waals surface area contributed by atoms with Gasteiger partial charge in [-0.15, -0.1) is 11.3 Å². The Bertz CT molecular complexity index is 798. The van der Waals surface area contributed by atoms with E-state index in [2.05, 4.69) is 16.0 Å². The Morgan fingerprint density at radius 2 is 2.12 bits per heavy atom. The van der Waals surface area contributed by atoms with Gasteiger partial charge in [0.1, 0.15) is 0 Å². The van der Waals surface area contributed by atoms with E-state index in [1.807, 2.05) is 40.1 Å². The predicted molar refractivity (Wildman–Crippen MR) is 95.6 cm³/mol. The SMILES string of the molecule is N#Cc1ccccc1CN1CC2CCC(C1)N(Cc1cscn1)C2=O. The number of hydrogen-bond donors (Lipinski definition) is 0. The minimum atomic E-state index is 0.0617. The van der Waals surface area contributed by atoms with Crippen molar-refractivity contribution in [3.8, 4) is 6.07 Å². The largest absolute Gasteiger partial charge is 0.332 e. The van der Waals surface area contributed by atoms with Crippen LogP contribution in [0.2, 0.25) is 0 Å². The van der Waals surface area contributed by atoms with E-state index in [0.717, 1.165) is 49.3 Å². The molecule has 128 valence electrons. The molecule has 3 fully saturated rings. The summed E-state index contributed by atoms with van der Waals surface area (Å²) in [5, 5.41) is 11.3. The summed E-state index contributed by atoms with van der Waals surface area (Å²) in [6.45, 7) is 3.00. The molecule has 4 heterocycles. The van der Waals surface area contributed by atoms with E-state index in [0.29, 0.717) is 6.54 Å². The number of rotatable bonds is 4. The quantitative estimate of drug-likeness (QED) is 0.849. The maximum absolute atomic E-state index is 12.9. The minimum absolute atomic E-state index is 0.0617. The van der Waals surface area contributed by atoms with Crippen molar-refractivity contribution in [2.75, 3.05) is 13.1 Å². The molecule has 25 heavy (non-hydrogen) atoms. The number of aromatic nitrogens is 1. The van der Waals surface area contributed by atoms with Gasteiger partial charge in [0.2, 0.25) is 5.91 Å². The molecule has 0 radical (unpaired) electrons. The van der Waals surface area contributed by atoms with Crippen molar-refractivity contribution in [3.05, 3.63) is 52.0 Å². The van der Waals surface area contributed by atoms with Crippen molar-refractivity contribution in [1.29, 1.82) is 5.26 Å². The molecular formula is C19H20N4OS. The molecule has 3 aliphatic rings. The first kappa shape index (κ1) is 16.2. The first-order chi connectivity index (χ1) is 12.2. The number of carbonyl (C=O) groups excluding carboxylic acids is 1. The fourth-order valence-corrected chi connectivity index (χ4v) is 4.51. The number of amides is 1. The molecular weight excluding hydrogens is 332 g/mol. The highest BCUT2D eigenvalue weighted by atomic mass is 32.1. The molecule has 1 amide bonds. The van der Waals surface area contributed by atoms with E-state index in [1.165, 1.54) is 0 Å². The summed E-state index contributed by atoms with van der Waals surface area (Å²) in [5.41, 5.74) is 4.57. The molecule has 2 unspecified atom stereocenters. The van der Waals surface area contributed by atoms with Gasteiger partial charge in [-0.2, -0.15) is 5.26 Å². The third kappa shape index (κ3) is 3.30. The van der Waals surface area contributed by atoms with Gasteiger partial charge >= 0.3 is 0 Å². The zero-order valence-electron chi connectivity index (χ0n) is 14.0. The molecule has 0 spiro atoms. The normalized spacial score (nSPS) is 23.5. The number of fused-ring (bicyclic) bond motifs is 4. The topological polar surface area (TPSA) is 60.2 Å². The van der Waals surface area contributed by atoms with Gasteiger partial charge in [0, 0.05) is 31.1 Å². The molecule has 0 N–H and O–H groups in total. The molecule has 5 nitrogen and oxygen atoms in total. The van der Waals surface area contributed by atoms with Crippen molar-refractivity contribution in [3.63, 3.8) is 0 Å². The summed E-state index contributed by atoms with van der Waals surface area (Å²) in [6.07, 6.45) is 2.02. The van der Waals surface area contributed by atoms with Crippen molar-refractivity contribution in [2.24, 2.45) is 5.92 Å². The molecule has 0 aliphatic carbocycles. The maximum Gasteiger partial charge on any atom is 0.227 e. The van der Waals surface area contributed by atoms with Crippen LogP contribution < -0.4 is 0 Å². The first-order valence-electron chi connectivity index (χ1n) is 8.62. The van der Waals surface area contributed by atoms with E-state index < -0.39 is 0 Å². The highest BCUT2D eigenvalue weighted by Crippen LogP contribution is 2.31. The van der Waals surface area contributed by atoms with Gasteiger partial charge in [-0.3, -0.25) is 9.69 Å². The van der Waals surface area contributed by atoms with Crippen LogP contribution in [-0.4, -0.2) is 39.8 Å². The number of nitrogens with zero attached hydrogens (tertiary/aromatic N) is 4. The fraction of sp³-hybridized carbons (Fsp3) is 0.421. The Kier molecular flexibility index (Phi) is 4.51. The Labute approximate surface area is 151 Å². The Balaban J connectivity index is 1.52. The summed E-state index contributed by atoms with van der Waals surface area (Å²) >= 11 is 1.57. The lowest BCUT2D eigenvalue weighted by Crippen LogP contribution is -2.47. The summed E-state index contributed by atoms with van der Waals surface area (Å²) < 4.78 is 0. The summed E-state index contributed by atoms with van der Waals surface area (Å²) in [5.74, 6) is 0.326. The number of piperidine rings is 1. The number of thiazole rings is 1. The summed E-state index contributed by atoms with van der Waals surface area (Å²) in [7, 11) is 0. The van der Waals surface area contributed by atoms with Crippen LogP contribution in [-0.2, 0) is 17.9 Å². The van der Waals surface area contributed by atoms with Crippen molar-refractivity contribution in [1.82, 2.24) is 14.8 Å². The summed E-state index contributed by atoms with van der Waals surface area (Å²) in [4.78, 5) is 21.6. The molecule has 2 atom stereocenters. The maximum atomic E-state index is 12.9. The van der Waals surface area contributed by atoms with Gasteiger partial charge in [-0.1, -0.05) is 18.2 Å². The number of hydrogen-bond acceptors (Lipinski definition) is 5. The molecule has 1 aromatic heterocycles. The van der Waals surface area contributed by atoms with E-state index in [4.69, 9.17) is 0 Å². The van der Waals surface area contributed by atoms with Gasteiger partial charge in [-0.25, -0.2) is 4.98 Å². The van der Waals surface area contributed by atoms with Crippen molar-refractivity contribution < 1.29 is 4.79 Å². The van der Waals surface area contributed by atoms with Gasteiger partial charge in [0.25, 0.3) is 0 Å². The number of carbonyl (C=O) groups is 1. The van der Waals surface area contributed by atoms with Crippen LogP contribution in [0.5, 0.6) is 0 Å². The minimum Gasteiger partial charge on any atom is -0.332 e. The Morgan fingerprint density at radius 3 is 2.92 bits per heavy atom. The number of nitriles is 1. The van der Waals surface area contributed by atoms with Crippen molar-refractivity contribution >= 4 is 17.2 Å². The second-order valence-electron chi connectivity index (χ2n) is 6.84. The van der Waals surface area contributed by atoms with Crippen LogP contribution in [0.15, 0.2) is 35.2 Å². The smallest absolute Gasteiger partial charge is 0.227 e. The second kappa shape index (κ2) is 6.95. The molecule has 5 rings (SSSR count). The molecule has 1 aromatic carbocycles. The molecule has 2 bridgehead atoms.